The Kier molecular flexibility index (Phi) is 7.86. The Morgan fingerprint density at radius 3 is 2.50 bits per heavy atom. The van der Waals surface area contributed by atoms with Gasteiger partial charge < -0.3 is 20.1 Å². The topological polar surface area (TPSA) is 94.5 Å². The Morgan fingerprint density at radius 2 is 1.82 bits per heavy atom. The lowest BCUT2D eigenvalue weighted by Gasteiger charge is -2.12. The highest BCUT2D eigenvalue weighted by Gasteiger charge is 2.18. The van der Waals surface area contributed by atoms with Crippen LogP contribution in [-0.2, 0) is 18.3 Å². The molecule has 0 atom stereocenters. The molecule has 28 heavy (non-hydrogen) atoms. The van der Waals surface area contributed by atoms with Crippen molar-refractivity contribution in [2.24, 2.45) is 7.05 Å². The van der Waals surface area contributed by atoms with Crippen LogP contribution >= 0.6 is 0 Å². The largest absolute Gasteiger partial charge is 0.490 e. The van der Waals surface area contributed by atoms with Crippen LogP contribution in [-0.4, -0.2) is 41.4 Å². The summed E-state index contributed by atoms with van der Waals surface area (Å²) >= 11 is 0. The summed E-state index contributed by atoms with van der Waals surface area (Å²) in [7, 11) is 1.66. The minimum atomic E-state index is -0.267. The van der Waals surface area contributed by atoms with E-state index in [4.69, 9.17) is 9.47 Å². The molecule has 0 saturated carbocycles. The summed E-state index contributed by atoms with van der Waals surface area (Å²) in [6.07, 6.45) is 2.44. The molecule has 8 nitrogen and oxygen atoms in total. The van der Waals surface area contributed by atoms with Gasteiger partial charge in [0.1, 0.15) is 5.69 Å². The number of hydrogen-bond donors (Lipinski definition) is 2. The minimum Gasteiger partial charge on any atom is -0.490 e. The number of anilines is 1. The zero-order valence-electron chi connectivity index (χ0n) is 16.9. The standard InChI is InChI=1S/C20H28N4O4/c1-5-10-21-20(26)19-15(13-22-24(19)4)23-18(25)12-14-8-9-16(27-6-2)17(11-14)28-7-3/h8-9,11,13H,5-7,10,12H2,1-4H3,(H,21,26)(H,23,25). The van der Waals surface area contributed by atoms with E-state index in [2.05, 4.69) is 15.7 Å². The van der Waals surface area contributed by atoms with Crippen LogP contribution in [0.15, 0.2) is 24.4 Å². The molecular weight excluding hydrogens is 360 g/mol. The van der Waals surface area contributed by atoms with Crippen molar-refractivity contribution >= 4 is 17.5 Å². The molecular formula is C20H28N4O4. The second-order valence-electron chi connectivity index (χ2n) is 6.16. The highest BCUT2D eigenvalue weighted by Crippen LogP contribution is 2.29. The predicted molar refractivity (Wildman–Crippen MR) is 107 cm³/mol. The number of carbonyl (C=O) groups excluding carboxylic acids is 2. The third-order valence-electron chi connectivity index (χ3n) is 3.94. The zero-order chi connectivity index (χ0) is 20.5. The molecule has 2 aromatic rings. The van der Waals surface area contributed by atoms with Gasteiger partial charge in [0.15, 0.2) is 11.5 Å². The van der Waals surface area contributed by atoms with Crippen LogP contribution < -0.4 is 20.1 Å². The van der Waals surface area contributed by atoms with Crippen molar-refractivity contribution in [2.45, 2.75) is 33.6 Å². The molecule has 0 aliphatic heterocycles. The predicted octanol–water partition coefficient (Wildman–Crippen LogP) is 2.54. The Morgan fingerprint density at radius 1 is 1.11 bits per heavy atom. The van der Waals surface area contributed by atoms with Crippen LogP contribution in [0.5, 0.6) is 11.5 Å². The fourth-order valence-electron chi connectivity index (χ4n) is 2.71. The molecule has 152 valence electrons. The quantitative estimate of drug-likeness (QED) is 0.652. The fraction of sp³-hybridized carbons (Fsp3) is 0.450. The average molecular weight is 388 g/mol. The lowest BCUT2D eigenvalue weighted by atomic mass is 10.1. The maximum atomic E-state index is 12.5. The summed E-state index contributed by atoms with van der Waals surface area (Å²) in [5.74, 6) is 0.743. The highest BCUT2D eigenvalue weighted by atomic mass is 16.5. The lowest BCUT2D eigenvalue weighted by Crippen LogP contribution is -2.28. The third-order valence-corrected chi connectivity index (χ3v) is 3.94. The van der Waals surface area contributed by atoms with Gasteiger partial charge in [0, 0.05) is 13.6 Å². The van der Waals surface area contributed by atoms with E-state index in [1.807, 2.05) is 26.8 Å². The highest BCUT2D eigenvalue weighted by molar-refractivity contribution is 6.02. The van der Waals surface area contributed by atoms with Crippen molar-refractivity contribution in [3.05, 3.63) is 35.7 Å². The fourth-order valence-corrected chi connectivity index (χ4v) is 2.71. The van der Waals surface area contributed by atoms with E-state index in [9.17, 15) is 9.59 Å². The Balaban J connectivity index is 2.10. The smallest absolute Gasteiger partial charge is 0.271 e. The number of nitrogens with zero attached hydrogens (tertiary/aromatic N) is 2. The maximum Gasteiger partial charge on any atom is 0.271 e. The number of aromatic nitrogens is 2. The summed E-state index contributed by atoms with van der Waals surface area (Å²) in [4.78, 5) is 24.8. The van der Waals surface area contributed by atoms with E-state index in [0.29, 0.717) is 42.6 Å². The second-order valence-corrected chi connectivity index (χ2v) is 6.16. The monoisotopic (exact) mass is 388 g/mol. The SMILES string of the molecule is CCCNC(=O)c1c(NC(=O)Cc2ccc(OCC)c(OCC)c2)cnn1C. The van der Waals surface area contributed by atoms with Crippen molar-refractivity contribution in [2.75, 3.05) is 25.1 Å². The van der Waals surface area contributed by atoms with Crippen LogP contribution in [0.1, 0.15) is 43.2 Å². The molecule has 0 bridgehead atoms. The van der Waals surface area contributed by atoms with Gasteiger partial charge >= 0.3 is 0 Å². The number of benzene rings is 1. The Bertz CT molecular complexity index is 817. The number of nitrogens with one attached hydrogen (secondary N) is 2. The summed E-state index contributed by atoms with van der Waals surface area (Å²) in [6.45, 7) is 7.36. The molecule has 2 N–H and O–H groups in total. The van der Waals surface area contributed by atoms with Gasteiger partial charge in [-0.25, -0.2) is 0 Å². The van der Waals surface area contributed by atoms with Crippen LogP contribution in [0, 0.1) is 0 Å². The number of amides is 2. The molecule has 2 rings (SSSR count). The minimum absolute atomic E-state index is 0.136. The molecule has 0 radical (unpaired) electrons. The van der Waals surface area contributed by atoms with Gasteiger partial charge in [-0.05, 0) is 38.0 Å². The second kappa shape index (κ2) is 10.3. The van der Waals surface area contributed by atoms with E-state index >= 15 is 0 Å². The molecule has 1 aromatic carbocycles. The van der Waals surface area contributed by atoms with E-state index in [1.165, 1.54) is 10.9 Å². The van der Waals surface area contributed by atoms with Gasteiger partial charge in [-0.2, -0.15) is 5.10 Å². The number of hydrogen-bond acceptors (Lipinski definition) is 5. The van der Waals surface area contributed by atoms with Crippen molar-refractivity contribution in [1.82, 2.24) is 15.1 Å². The number of ether oxygens (including phenoxy) is 2. The normalized spacial score (nSPS) is 10.4. The molecule has 0 aliphatic carbocycles. The van der Waals surface area contributed by atoms with Crippen LogP contribution in [0.2, 0.25) is 0 Å². The van der Waals surface area contributed by atoms with Gasteiger partial charge in [0.2, 0.25) is 5.91 Å². The van der Waals surface area contributed by atoms with Crippen LogP contribution in [0.3, 0.4) is 0 Å². The molecule has 8 heteroatoms. The Labute approximate surface area is 165 Å². The summed E-state index contributed by atoms with van der Waals surface area (Å²) < 4.78 is 12.6. The summed E-state index contributed by atoms with van der Waals surface area (Å²) in [6, 6.07) is 5.42. The van der Waals surface area contributed by atoms with Gasteiger partial charge in [-0.1, -0.05) is 13.0 Å². The number of carbonyl (C=O) groups is 2. The molecule has 2 amide bonds. The molecule has 0 aliphatic rings. The molecule has 0 spiro atoms. The van der Waals surface area contributed by atoms with Crippen molar-refractivity contribution < 1.29 is 19.1 Å². The number of aryl methyl sites for hydroxylation is 1. The van der Waals surface area contributed by atoms with Gasteiger partial charge in [-0.3, -0.25) is 14.3 Å². The summed E-state index contributed by atoms with van der Waals surface area (Å²) in [5.41, 5.74) is 1.49. The zero-order valence-corrected chi connectivity index (χ0v) is 16.9. The van der Waals surface area contributed by atoms with Gasteiger partial charge in [-0.15, -0.1) is 0 Å². The lowest BCUT2D eigenvalue weighted by molar-refractivity contribution is -0.115. The first-order valence-electron chi connectivity index (χ1n) is 9.48. The van der Waals surface area contributed by atoms with Crippen molar-refractivity contribution in [3.8, 4) is 11.5 Å². The van der Waals surface area contributed by atoms with Gasteiger partial charge in [0.05, 0.1) is 31.5 Å². The maximum absolute atomic E-state index is 12.5. The van der Waals surface area contributed by atoms with Crippen LogP contribution in [0.25, 0.3) is 0 Å². The summed E-state index contributed by atoms with van der Waals surface area (Å²) in [5, 5.41) is 9.65. The van der Waals surface area contributed by atoms with E-state index < -0.39 is 0 Å². The van der Waals surface area contributed by atoms with Crippen molar-refractivity contribution in [3.63, 3.8) is 0 Å². The molecule has 0 saturated heterocycles. The average Bonchev–Trinajstić information content (AvgIpc) is 3.02. The first-order chi connectivity index (χ1) is 13.5. The van der Waals surface area contributed by atoms with Crippen LogP contribution in [0.4, 0.5) is 5.69 Å². The first-order valence-corrected chi connectivity index (χ1v) is 9.48. The van der Waals surface area contributed by atoms with Crippen molar-refractivity contribution in [1.29, 1.82) is 0 Å². The third kappa shape index (κ3) is 5.48. The molecule has 1 aromatic heterocycles. The number of rotatable bonds is 10. The van der Waals surface area contributed by atoms with E-state index in [1.54, 1.807) is 19.2 Å². The van der Waals surface area contributed by atoms with E-state index in [0.717, 1.165) is 12.0 Å². The molecule has 1 heterocycles. The van der Waals surface area contributed by atoms with E-state index in [-0.39, 0.29) is 18.2 Å². The molecule has 0 fully saturated rings. The molecule has 0 unspecified atom stereocenters. The first kappa shape index (κ1) is 21.3. The van der Waals surface area contributed by atoms with Gasteiger partial charge in [0.25, 0.3) is 5.91 Å². The Hall–Kier alpha value is -3.03.